The molecule has 1 aromatic heterocycles. The summed E-state index contributed by atoms with van der Waals surface area (Å²) in [5.41, 5.74) is 1.72. The average molecular weight is 954 g/mol. The fraction of sp³-hybridized carbons (Fsp3) is 0.429. The van der Waals surface area contributed by atoms with Crippen LogP contribution in [0.1, 0.15) is 87.9 Å². The number of phenolic OH excluding ortho intramolecular Hbond substituents is 2. The van der Waals surface area contributed by atoms with Gasteiger partial charge in [0, 0.05) is 36.4 Å². The van der Waals surface area contributed by atoms with Gasteiger partial charge in [-0.05, 0) is 66.8 Å². The van der Waals surface area contributed by atoms with Crippen LogP contribution in [-0.4, -0.2) is 117 Å². The number of aliphatic carboxylic acids is 1. The number of ether oxygens (including phenoxy) is 2. The molecule has 368 valence electrons. The van der Waals surface area contributed by atoms with Crippen molar-refractivity contribution in [2.24, 2.45) is 0 Å². The van der Waals surface area contributed by atoms with Gasteiger partial charge < -0.3 is 61.7 Å². The second kappa shape index (κ2) is 24.0. The molecule has 0 spiro atoms. The maximum Gasteiger partial charge on any atom is 0.325 e. The topological polar surface area (TPSA) is 307 Å². The number of aromatic amines is 1. The number of cyclic esters (lactones) is 1. The van der Waals surface area contributed by atoms with Crippen LogP contribution in [-0.2, 0) is 60.7 Å². The Morgan fingerprint density at radius 3 is 2.10 bits per heavy atom. The number of fused-ring (bicyclic) bond motifs is 1. The van der Waals surface area contributed by atoms with Crippen molar-refractivity contribution in [1.29, 1.82) is 0 Å². The summed E-state index contributed by atoms with van der Waals surface area (Å²) in [4.78, 5) is 114. The van der Waals surface area contributed by atoms with Gasteiger partial charge in [0.25, 0.3) is 5.91 Å². The number of aromatic nitrogens is 1. The molecular formula is C49H59N7O13. The van der Waals surface area contributed by atoms with E-state index in [2.05, 4.69) is 43.8 Å². The molecule has 6 amide bonds. The van der Waals surface area contributed by atoms with Crippen LogP contribution < -0.4 is 31.9 Å². The number of H-pyrrole nitrogens is 1. The van der Waals surface area contributed by atoms with E-state index in [0.29, 0.717) is 28.5 Å². The van der Waals surface area contributed by atoms with Gasteiger partial charge in [0.2, 0.25) is 29.5 Å². The van der Waals surface area contributed by atoms with Crippen LogP contribution >= 0.6 is 0 Å². The lowest BCUT2D eigenvalue weighted by molar-refractivity contribution is -0.152. The zero-order valence-electron chi connectivity index (χ0n) is 38.3. The second-order valence-corrected chi connectivity index (χ2v) is 17.3. The van der Waals surface area contributed by atoms with Gasteiger partial charge in [0.15, 0.2) is 6.10 Å². The Bertz CT molecular complexity index is 2480. The van der Waals surface area contributed by atoms with E-state index in [9.17, 15) is 53.7 Å². The fourth-order valence-corrected chi connectivity index (χ4v) is 8.13. The molecule has 8 atom stereocenters. The van der Waals surface area contributed by atoms with Crippen molar-refractivity contribution in [3.05, 3.63) is 95.7 Å². The highest BCUT2D eigenvalue weighted by Gasteiger charge is 2.46. The minimum atomic E-state index is -1.62. The molecule has 0 aliphatic carbocycles. The number of hydrogen-bond acceptors (Lipinski definition) is 12. The number of rotatable bonds is 16. The van der Waals surface area contributed by atoms with E-state index in [-0.39, 0.29) is 29.9 Å². The van der Waals surface area contributed by atoms with Crippen molar-refractivity contribution >= 4 is 58.3 Å². The molecule has 4 aromatic rings. The highest BCUT2D eigenvalue weighted by atomic mass is 16.6. The van der Waals surface area contributed by atoms with E-state index in [4.69, 9.17) is 9.47 Å². The van der Waals surface area contributed by atoms with Gasteiger partial charge in [-0.1, -0.05) is 81.5 Å². The molecule has 3 aromatic carbocycles. The average Bonchev–Trinajstić information content (AvgIpc) is 4.00. The molecule has 2 aliphatic rings. The van der Waals surface area contributed by atoms with Crippen molar-refractivity contribution in [2.45, 2.75) is 127 Å². The van der Waals surface area contributed by atoms with E-state index < -0.39 is 115 Å². The summed E-state index contributed by atoms with van der Waals surface area (Å²) < 4.78 is 11.3. The minimum absolute atomic E-state index is 0.0919. The zero-order valence-corrected chi connectivity index (χ0v) is 38.3. The van der Waals surface area contributed by atoms with Gasteiger partial charge in [-0.2, -0.15) is 0 Å². The van der Waals surface area contributed by atoms with Gasteiger partial charge >= 0.3 is 11.9 Å². The summed E-state index contributed by atoms with van der Waals surface area (Å²) in [7, 11) is 0. The number of benzene rings is 3. The van der Waals surface area contributed by atoms with Crippen LogP contribution in [0.5, 0.6) is 11.5 Å². The van der Waals surface area contributed by atoms with E-state index in [1.807, 2.05) is 0 Å². The molecule has 6 rings (SSSR count). The van der Waals surface area contributed by atoms with Crippen molar-refractivity contribution in [1.82, 2.24) is 36.9 Å². The number of nitrogens with one attached hydrogen (secondary N) is 7. The number of phenols is 2. The Kier molecular flexibility index (Phi) is 17.7. The van der Waals surface area contributed by atoms with Gasteiger partial charge in [0.05, 0.1) is 6.10 Å². The normalized spacial score (nSPS) is 24.0. The number of unbranched alkanes of at least 4 members (excludes halogenated alkanes) is 4. The molecule has 2 saturated heterocycles. The van der Waals surface area contributed by atoms with Crippen LogP contribution in [0.15, 0.2) is 79.0 Å². The smallest absolute Gasteiger partial charge is 0.325 e. The van der Waals surface area contributed by atoms with Crippen LogP contribution in [0.3, 0.4) is 0 Å². The number of carboxylic acid groups (broad SMARTS) is 1. The number of esters is 1. The predicted octanol–water partition coefficient (Wildman–Crippen LogP) is 2.22. The van der Waals surface area contributed by atoms with Crippen molar-refractivity contribution in [2.75, 3.05) is 6.54 Å². The van der Waals surface area contributed by atoms with E-state index in [1.54, 1.807) is 42.6 Å². The third-order valence-electron chi connectivity index (χ3n) is 12.0. The number of carbonyl (C=O) groups is 8. The lowest BCUT2D eigenvalue weighted by atomic mass is 10.0. The molecule has 0 saturated carbocycles. The highest BCUT2D eigenvalue weighted by molar-refractivity contribution is 5.98. The maximum atomic E-state index is 14.5. The van der Waals surface area contributed by atoms with Crippen molar-refractivity contribution in [3.8, 4) is 11.5 Å². The summed E-state index contributed by atoms with van der Waals surface area (Å²) in [6.45, 7) is 2.65. The van der Waals surface area contributed by atoms with Crippen LogP contribution in [0.2, 0.25) is 0 Å². The van der Waals surface area contributed by atoms with E-state index in [0.717, 1.165) is 32.1 Å². The highest BCUT2D eigenvalue weighted by Crippen LogP contribution is 2.29. The summed E-state index contributed by atoms with van der Waals surface area (Å²) in [5.74, 6) is -8.03. The molecule has 2 aliphatic heterocycles. The van der Waals surface area contributed by atoms with Gasteiger partial charge in [-0.25, -0.2) is 0 Å². The predicted molar refractivity (Wildman–Crippen MR) is 248 cm³/mol. The van der Waals surface area contributed by atoms with Gasteiger partial charge in [-0.15, -0.1) is 0 Å². The van der Waals surface area contributed by atoms with Crippen LogP contribution in [0, 0.1) is 0 Å². The summed E-state index contributed by atoms with van der Waals surface area (Å²) >= 11 is 0. The molecular weight excluding hydrogens is 895 g/mol. The van der Waals surface area contributed by atoms with Crippen molar-refractivity contribution in [3.63, 3.8) is 0 Å². The molecule has 10 N–H and O–H groups in total. The molecule has 2 fully saturated rings. The number of carboxylic acids is 1. The third-order valence-corrected chi connectivity index (χ3v) is 12.0. The number of aromatic hydroxyl groups is 2. The zero-order chi connectivity index (χ0) is 49.6. The van der Waals surface area contributed by atoms with Gasteiger partial charge in [0.1, 0.15) is 54.4 Å². The quantitative estimate of drug-likeness (QED) is 0.0438. The second-order valence-electron chi connectivity index (χ2n) is 17.3. The fourth-order valence-electron chi connectivity index (χ4n) is 8.13. The van der Waals surface area contributed by atoms with E-state index >= 15 is 0 Å². The molecule has 0 radical (unpaired) electrons. The Morgan fingerprint density at radius 1 is 0.725 bits per heavy atom. The standard InChI is InChI=1S/C49H59N7O13/c1-3-4-5-6-10-13-38-43(69-38)49(67)55-41-27(2)68-40(61)26-51-47(65)42(29-14-16-31(57)17-15-29)56-46(64)37(23-30-25-50-34-19-18-32(58)24-33(30)34)53-44(62)35(20-21-39(59)60)52-45(63)36(54-48(41)66)22-28-11-8-7-9-12-28/h7-9,11-12,14-19,24-25,27,35-38,41-43,50,57-58H,3-6,10,13,20-23,26H2,1-2H3,(H,51,65)(H,52,63)(H,53,62)(H,54,66)(H,55,67)(H,56,64)(H,59,60)/t27-,35+,36+,37+,38?,41+,42+,43?/m1/s1. The first kappa shape index (κ1) is 50.9. The lowest BCUT2D eigenvalue weighted by Gasteiger charge is -2.28. The number of hydrogen-bond donors (Lipinski definition) is 10. The summed E-state index contributed by atoms with van der Waals surface area (Å²) in [5, 5.41) is 46.0. The molecule has 3 heterocycles. The van der Waals surface area contributed by atoms with Gasteiger partial charge in [-0.3, -0.25) is 38.4 Å². The number of amides is 6. The Morgan fingerprint density at radius 2 is 1.38 bits per heavy atom. The molecule has 0 bridgehead atoms. The SMILES string of the molecule is CCCCCCCC1OC1C(=O)N[C@@H]1C(=O)N[C@@H](Cc2ccccc2)C(=O)N[C@@H](CCC(=O)O)C(=O)N[C@@H](Cc2c[nH]c3ccc(O)cc23)C(=O)N[C@@H](c2ccc(O)cc2)C(=O)NCC(=O)O[C@@H]1C. The Labute approximate surface area is 397 Å². The number of epoxide rings is 1. The third kappa shape index (κ3) is 14.5. The minimum Gasteiger partial charge on any atom is -0.508 e. The largest absolute Gasteiger partial charge is 0.508 e. The maximum absolute atomic E-state index is 14.5. The number of carbonyl (C=O) groups excluding carboxylic acids is 7. The molecule has 69 heavy (non-hydrogen) atoms. The van der Waals surface area contributed by atoms with Crippen LogP contribution in [0.4, 0.5) is 0 Å². The van der Waals surface area contributed by atoms with Crippen molar-refractivity contribution < 1.29 is 63.1 Å². The first-order chi connectivity index (χ1) is 33.1. The lowest BCUT2D eigenvalue weighted by Crippen LogP contribution is -2.61. The Balaban J connectivity index is 1.35. The molecule has 20 nitrogen and oxygen atoms in total. The first-order valence-electron chi connectivity index (χ1n) is 23.1. The first-order valence-corrected chi connectivity index (χ1v) is 23.1. The molecule has 20 heteroatoms. The Hall–Kier alpha value is -7.48. The van der Waals surface area contributed by atoms with Crippen LogP contribution in [0.25, 0.3) is 10.9 Å². The summed E-state index contributed by atoms with van der Waals surface area (Å²) in [6.07, 6.45) is 2.93. The van der Waals surface area contributed by atoms with E-state index in [1.165, 1.54) is 43.3 Å². The molecule has 2 unspecified atom stereocenters. The monoisotopic (exact) mass is 953 g/mol. The summed E-state index contributed by atoms with van der Waals surface area (Å²) in [6, 6.07) is 10.4.